The van der Waals surface area contributed by atoms with Gasteiger partial charge in [0.15, 0.2) is 5.11 Å². The van der Waals surface area contributed by atoms with Gasteiger partial charge in [-0.2, -0.15) is 0 Å². The van der Waals surface area contributed by atoms with Crippen LogP contribution in [0.5, 0.6) is 0 Å². The first-order valence-corrected chi connectivity index (χ1v) is 10.6. The molecule has 0 saturated heterocycles. The van der Waals surface area contributed by atoms with E-state index in [0.717, 1.165) is 11.1 Å². The van der Waals surface area contributed by atoms with Crippen molar-refractivity contribution in [2.75, 3.05) is 5.32 Å². The van der Waals surface area contributed by atoms with E-state index in [2.05, 4.69) is 16.0 Å². The van der Waals surface area contributed by atoms with Crippen LogP contribution in [0.1, 0.15) is 27.9 Å². The Morgan fingerprint density at radius 2 is 1.55 bits per heavy atom. The van der Waals surface area contributed by atoms with E-state index < -0.39 is 0 Å². The van der Waals surface area contributed by atoms with Crippen molar-refractivity contribution in [2.45, 2.75) is 19.4 Å². The molecule has 0 radical (unpaired) electrons. The van der Waals surface area contributed by atoms with Gasteiger partial charge in [0.2, 0.25) is 5.91 Å². The molecular weight excluding hydrogens is 430 g/mol. The van der Waals surface area contributed by atoms with Gasteiger partial charge in [-0.05, 0) is 48.0 Å². The lowest BCUT2D eigenvalue weighted by Crippen LogP contribution is -2.35. The number of benzene rings is 3. The van der Waals surface area contributed by atoms with E-state index in [1.54, 1.807) is 30.3 Å². The molecule has 5 nitrogen and oxygen atoms in total. The van der Waals surface area contributed by atoms with E-state index >= 15 is 0 Å². The van der Waals surface area contributed by atoms with Gasteiger partial charge in [0, 0.05) is 18.0 Å². The number of hydrogen-bond acceptors (Lipinski definition) is 3. The number of carbonyl (C=O) groups excluding carboxylic acids is 2. The normalized spacial score (nSPS) is 10.2. The number of para-hydroxylation sites is 1. The molecule has 7 heteroatoms. The molecule has 0 aromatic heterocycles. The fourth-order valence-electron chi connectivity index (χ4n) is 2.96. The molecule has 3 rings (SSSR count). The second kappa shape index (κ2) is 11.2. The number of nitrogens with one attached hydrogen (secondary N) is 3. The van der Waals surface area contributed by atoms with Crippen molar-refractivity contribution in [3.8, 4) is 0 Å². The second-order valence-corrected chi connectivity index (χ2v) is 7.62. The summed E-state index contributed by atoms with van der Waals surface area (Å²) in [6, 6.07) is 24.0. The van der Waals surface area contributed by atoms with Crippen LogP contribution < -0.4 is 16.0 Å². The summed E-state index contributed by atoms with van der Waals surface area (Å²) in [4.78, 5) is 24.9. The van der Waals surface area contributed by atoms with Crippen molar-refractivity contribution in [1.82, 2.24) is 10.6 Å². The summed E-state index contributed by atoms with van der Waals surface area (Å²) < 4.78 is 0. The molecular formula is C24H22ClN3O2S. The molecule has 0 unspecified atom stereocenters. The first-order valence-electron chi connectivity index (χ1n) is 9.78. The summed E-state index contributed by atoms with van der Waals surface area (Å²) in [5.41, 5.74) is 2.86. The van der Waals surface area contributed by atoms with Gasteiger partial charge in [-0.25, -0.2) is 0 Å². The van der Waals surface area contributed by atoms with Crippen molar-refractivity contribution >= 4 is 46.4 Å². The maximum Gasteiger partial charge on any atom is 0.253 e. The van der Waals surface area contributed by atoms with Crippen molar-refractivity contribution in [1.29, 1.82) is 0 Å². The quantitative estimate of drug-likeness (QED) is 0.455. The number of halogens is 1. The smallest absolute Gasteiger partial charge is 0.253 e. The van der Waals surface area contributed by atoms with Crippen LogP contribution in [0.3, 0.4) is 0 Å². The Kier molecular flexibility index (Phi) is 8.15. The number of aryl methyl sites for hydroxylation is 1. The molecule has 3 aromatic carbocycles. The number of hydrogen-bond donors (Lipinski definition) is 3. The molecule has 0 atom stereocenters. The molecule has 0 heterocycles. The summed E-state index contributed by atoms with van der Waals surface area (Å²) in [7, 11) is 0. The third-order valence-electron chi connectivity index (χ3n) is 4.55. The van der Waals surface area contributed by atoms with Gasteiger partial charge >= 0.3 is 0 Å². The number of anilines is 1. The Hall–Kier alpha value is -3.22. The fourth-order valence-corrected chi connectivity index (χ4v) is 3.41. The highest BCUT2D eigenvalue weighted by Crippen LogP contribution is 2.17. The molecule has 0 bridgehead atoms. The van der Waals surface area contributed by atoms with Gasteiger partial charge < -0.3 is 16.0 Å². The molecule has 31 heavy (non-hydrogen) atoms. The van der Waals surface area contributed by atoms with E-state index in [1.807, 2.05) is 48.5 Å². The van der Waals surface area contributed by atoms with Crippen molar-refractivity contribution in [3.63, 3.8) is 0 Å². The Morgan fingerprint density at radius 1 is 0.871 bits per heavy atom. The number of carbonyl (C=O) groups is 2. The Labute approximate surface area is 191 Å². The number of amides is 2. The van der Waals surface area contributed by atoms with Gasteiger partial charge in [-0.15, -0.1) is 0 Å². The lowest BCUT2D eigenvalue weighted by atomic mass is 10.1. The zero-order chi connectivity index (χ0) is 22.1. The summed E-state index contributed by atoms with van der Waals surface area (Å²) >= 11 is 11.4. The van der Waals surface area contributed by atoms with E-state index in [4.69, 9.17) is 23.8 Å². The van der Waals surface area contributed by atoms with Crippen LogP contribution in [-0.2, 0) is 17.8 Å². The lowest BCUT2D eigenvalue weighted by molar-refractivity contribution is -0.119. The van der Waals surface area contributed by atoms with E-state index in [-0.39, 0.29) is 23.3 Å². The molecule has 0 aliphatic heterocycles. The van der Waals surface area contributed by atoms with Gasteiger partial charge in [-0.1, -0.05) is 72.3 Å². The molecule has 3 aromatic rings. The summed E-state index contributed by atoms with van der Waals surface area (Å²) in [5.74, 6) is -0.469. The first kappa shape index (κ1) is 22.5. The van der Waals surface area contributed by atoms with Crippen LogP contribution in [0.25, 0.3) is 0 Å². The van der Waals surface area contributed by atoms with E-state index in [1.165, 1.54) is 0 Å². The topological polar surface area (TPSA) is 70.2 Å². The standard InChI is InChI=1S/C24H22ClN3O2S/c25-20-12-6-4-10-18(20)14-15-22(29)28-24(31)27-21-13-7-5-11-19(21)23(30)26-16-17-8-2-1-3-9-17/h1-13H,14-16H2,(H,26,30)(H2,27,28,29,31). The maximum absolute atomic E-state index is 12.6. The van der Waals surface area contributed by atoms with Crippen LogP contribution >= 0.6 is 23.8 Å². The lowest BCUT2D eigenvalue weighted by Gasteiger charge is -2.14. The Balaban J connectivity index is 1.54. The molecule has 0 fully saturated rings. The molecule has 0 aliphatic carbocycles. The van der Waals surface area contributed by atoms with E-state index in [9.17, 15) is 9.59 Å². The highest BCUT2D eigenvalue weighted by molar-refractivity contribution is 7.80. The molecule has 0 aliphatic rings. The fraction of sp³-hybridized carbons (Fsp3) is 0.125. The minimum Gasteiger partial charge on any atom is -0.348 e. The van der Waals surface area contributed by atoms with Gasteiger partial charge in [0.25, 0.3) is 5.91 Å². The van der Waals surface area contributed by atoms with Gasteiger partial charge in [0.1, 0.15) is 0 Å². The third-order valence-corrected chi connectivity index (χ3v) is 5.12. The van der Waals surface area contributed by atoms with Crippen molar-refractivity contribution in [3.05, 3.63) is 101 Å². The molecule has 2 amide bonds. The van der Waals surface area contributed by atoms with Crippen LogP contribution in [0, 0.1) is 0 Å². The average Bonchev–Trinajstić information content (AvgIpc) is 2.78. The van der Waals surface area contributed by atoms with Crippen LogP contribution in [0.2, 0.25) is 5.02 Å². The third kappa shape index (κ3) is 6.91. The monoisotopic (exact) mass is 451 g/mol. The predicted molar refractivity (Wildman–Crippen MR) is 128 cm³/mol. The molecule has 0 saturated carbocycles. The maximum atomic E-state index is 12.6. The summed E-state index contributed by atoms with van der Waals surface area (Å²) in [6.45, 7) is 0.414. The van der Waals surface area contributed by atoms with Crippen molar-refractivity contribution < 1.29 is 9.59 Å². The summed E-state index contributed by atoms with van der Waals surface area (Å²) in [5, 5.41) is 9.25. The van der Waals surface area contributed by atoms with Crippen LogP contribution in [0.15, 0.2) is 78.9 Å². The van der Waals surface area contributed by atoms with Gasteiger partial charge in [-0.3, -0.25) is 9.59 Å². The number of rotatable bonds is 7. The largest absolute Gasteiger partial charge is 0.348 e. The molecule has 3 N–H and O–H groups in total. The van der Waals surface area contributed by atoms with Crippen LogP contribution in [0.4, 0.5) is 5.69 Å². The van der Waals surface area contributed by atoms with Gasteiger partial charge in [0.05, 0.1) is 11.3 Å². The minimum absolute atomic E-state index is 0.132. The summed E-state index contributed by atoms with van der Waals surface area (Å²) in [6.07, 6.45) is 0.747. The highest BCUT2D eigenvalue weighted by Gasteiger charge is 2.13. The molecule has 158 valence electrons. The van der Waals surface area contributed by atoms with Crippen LogP contribution in [-0.4, -0.2) is 16.9 Å². The van der Waals surface area contributed by atoms with Crippen molar-refractivity contribution in [2.24, 2.45) is 0 Å². The minimum atomic E-state index is -0.236. The highest BCUT2D eigenvalue weighted by atomic mass is 35.5. The SMILES string of the molecule is O=C(CCc1ccccc1Cl)NC(=S)Nc1ccccc1C(=O)NCc1ccccc1. The first-order chi connectivity index (χ1) is 15.0. The molecule has 0 spiro atoms. The van der Waals surface area contributed by atoms with E-state index in [0.29, 0.717) is 29.2 Å². The Morgan fingerprint density at radius 3 is 2.32 bits per heavy atom. The zero-order valence-electron chi connectivity index (χ0n) is 16.7. The number of thiocarbonyl (C=S) groups is 1. The average molecular weight is 452 g/mol. The Bertz CT molecular complexity index is 1070. The predicted octanol–water partition coefficient (Wildman–Crippen LogP) is 4.72. The zero-order valence-corrected chi connectivity index (χ0v) is 18.3. The second-order valence-electron chi connectivity index (χ2n) is 6.81.